The topological polar surface area (TPSA) is 21.7 Å². The van der Waals surface area contributed by atoms with E-state index in [1.807, 2.05) is 11.3 Å². The van der Waals surface area contributed by atoms with Crippen LogP contribution in [-0.2, 0) is 13.0 Å². The zero-order valence-electron chi connectivity index (χ0n) is 15.2. The molecule has 2 heterocycles. The predicted molar refractivity (Wildman–Crippen MR) is 109 cm³/mol. The molecular weight excluding hydrogens is 350 g/mol. The highest BCUT2D eigenvalue weighted by atomic mass is 32.1. The van der Waals surface area contributed by atoms with Crippen LogP contribution in [0.2, 0.25) is 0 Å². The van der Waals surface area contributed by atoms with E-state index in [0.29, 0.717) is 5.92 Å². The fraction of sp³-hybridized carbons (Fsp3) is 0.217. The minimum absolute atomic E-state index is 0.499. The number of benzene rings is 2. The van der Waals surface area contributed by atoms with Crippen molar-refractivity contribution in [3.05, 3.63) is 90.0 Å². The van der Waals surface area contributed by atoms with Crippen LogP contribution >= 0.6 is 11.3 Å². The van der Waals surface area contributed by atoms with Crippen molar-refractivity contribution in [2.75, 3.05) is 0 Å². The van der Waals surface area contributed by atoms with E-state index >= 15 is 0 Å². The van der Waals surface area contributed by atoms with Gasteiger partial charge in [0.2, 0.25) is 6.33 Å². The van der Waals surface area contributed by atoms with Crippen molar-refractivity contribution in [3.63, 3.8) is 0 Å². The second-order valence-corrected chi connectivity index (χ2v) is 8.22. The fourth-order valence-electron chi connectivity index (χ4n) is 3.90. The highest BCUT2D eigenvalue weighted by Gasteiger charge is 2.27. The molecule has 0 N–H and O–H groups in total. The maximum atomic E-state index is 5.06. The van der Waals surface area contributed by atoms with Gasteiger partial charge in [-0.1, -0.05) is 48.5 Å². The van der Waals surface area contributed by atoms with Gasteiger partial charge < -0.3 is 0 Å². The van der Waals surface area contributed by atoms with Crippen LogP contribution in [-0.4, -0.2) is 9.55 Å². The molecule has 1 aliphatic carbocycles. The van der Waals surface area contributed by atoms with Gasteiger partial charge in [0.15, 0.2) is 0 Å². The number of rotatable bonds is 4. The van der Waals surface area contributed by atoms with E-state index in [1.54, 1.807) is 0 Å². The lowest BCUT2D eigenvalue weighted by Crippen LogP contribution is -2.35. The molecule has 5 rings (SSSR count). The molecule has 0 fully saturated rings. The van der Waals surface area contributed by atoms with Gasteiger partial charge in [-0.2, -0.15) is 0 Å². The van der Waals surface area contributed by atoms with Gasteiger partial charge in [0.1, 0.15) is 23.1 Å². The standard InChI is InChI=1S/C23H22N3S/c1-3-8-18(9-4-1)23-24-22-19(10-7-13-21(22)27-23)16-25-14-15-26(17-25)20-11-5-2-6-12-20/h1-6,8-9,11-12,14-15,17,19H,7,10,13,16H2/q+1/t19-/m1/s1. The van der Waals surface area contributed by atoms with Crippen LogP contribution in [0.25, 0.3) is 16.3 Å². The Morgan fingerprint density at radius 1 is 1.04 bits per heavy atom. The number of hydrogen-bond donors (Lipinski definition) is 0. The zero-order valence-corrected chi connectivity index (χ0v) is 16.0. The van der Waals surface area contributed by atoms with Gasteiger partial charge >= 0.3 is 0 Å². The third-order valence-electron chi connectivity index (χ3n) is 5.27. The van der Waals surface area contributed by atoms with Crippen molar-refractivity contribution in [2.24, 2.45) is 0 Å². The highest BCUT2D eigenvalue weighted by Crippen LogP contribution is 2.38. The van der Waals surface area contributed by atoms with Crippen molar-refractivity contribution < 1.29 is 4.57 Å². The molecule has 1 aliphatic rings. The number of aromatic nitrogens is 3. The van der Waals surface area contributed by atoms with E-state index in [0.717, 1.165) is 6.54 Å². The molecule has 4 aromatic rings. The van der Waals surface area contributed by atoms with Gasteiger partial charge in [0, 0.05) is 16.4 Å². The van der Waals surface area contributed by atoms with Crippen molar-refractivity contribution in [2.45, 2.75) is 31.7 Å². The van der Waals surface area contributed by atoms with Gasteiger partial charge in [0.25, 0.3) is 0 Å². The van der Waals surface area contributed by atoms with Crippen LogP contribution in [0.3, 0.4) is 0 Å². The van der Waals surface area contributed by atoms with Crippen LogP contribution in [0.5, 0.6) is 0 Å². The monoisotopic (exact) mass is 372 g/mol. The number of para-hydroxylation sites is 1. The molecule has 0 amide bonds. The summed E-state index contributed by atoms with van der Waals surface area (Å²) in [4.78, 5) is 6.54. The smallest absolute Gasteiger partial charge is 0.240 e. The Balaban J connectivity index is 1.40. The third kappa shape index (κ3) is 3.33. The first-order valence-electron chi connectivity index (χ1n) is 9.54. The van der Waals surface area contributed by atoms with E-state index in [2.05, 4.69) is 88.5 Å². The largest absolute Gasteiger partial charge is 0.248 e. The lowest BCUT2D eigenvalue weighted by Gasteiger charge is -2.19. The number of fused-ring (bicyclic) bond motifs is 1. The summed E-state index contributed by atoms with van der Waals surface area (Å²) in [5, 5.41) is 1.17. The molecule has 0 spiro atoms. The van der Waals surface area contributed by atoms with Gasteiger partial charge in [-0.25, -0.2) is 14.1 Å². The minimum Gasteiger partial charge on any atom is -0.240 e. The normalized spacial score (nSPS) is 16.2. The SMILES string of the molecule is c1ccc(-c2nc3c(s2)CCC[C@@H]3C[n+]2ccn(-c3ccccc3)c2)cc1. The Labute approximate surface area is 163 Å². The first kappa shape index (κ1) is 16.5. The first-order chi connectivity index (χ1) is 13.4. The van der Waals surface area contributed by atoms with Crippen LogP contribution in [0.15, 0.2) is 79.4 Å². The van der Waals surface area contributed by atoms with Crippen molar-refractivity contribution >= 4 is 11.3 Å². The van der Waals surface area contributed by atoms with E-state index in [9.17, 15) is 0 Å². The summed E-state index contributed by atoms with van der Waals surface area (Å²) in [5.74, 6) is 0.499. The summed E-state index contributed by atoms with van der Waals surface area (Å²) in [6, 6.07) is 21.0. The molecule has 134 valence electrons. The third-order valence-corrected chi connectivity index (χ3v) is 6.45. The van der Waals surface area contributed by atoms with Crippen molar-refractivity contribution in [1.29, 1.82) is 0 Å². The average molecular weight is 373 g/mol. The number of aryl methyl sites for hydroxylation is 1. The Hall–Kier alpha value is -2.72. The summed E-state index contributed by atoms with van der Waals surface area (Å²) in [7, 11) is 0. The Bertz CT molecular complexity index is 1030. The second kappa shape index (κ2) is 7.12. The van der Waals surface area contributed by atoms with E-state index < -0.39 is 0 Å². The van der Waals surface area contributed by atoms with E-state index in [4.69, 9.17) is 4.98 Å². The Morgan fingerprint density at radius 2 is 1.81 bits per heavy atom. The maximum absolute atomic E-state index is 5.06. The molecule has 0 saturated carbocycles. The molecule has 4 heteroatoms. The lowest BCUT2D eigenvalue weighted by atomic mass is 9.91. The second-order valence-electron chi connectivity index (χ2n) is 7.14. The molecule has 1 atom stereocenters. The molecule has 0 aliphatic heterocycles. The summed E-state index contributed by atoms with van der Waals surface area (Å²) < 4.78 is 4.48. The number of hydrogen-bond acceptors (Lipinski definition) is 2. The maximum Gasteiger partial charge on any atom is 0.248 e. The molecule has 0 bridgehead atoms. The molecule has 2 aromatic carbocycles. The van der Waals surface area contributed by atoms with Crippen LogP contribution in [0.1, 0.15) is 29.3 Å². The zero-order chi connectivity index (χ0) is 18.1. The summed E-state index contributed by atoms with van der Waals surface area (Å²) >= 11 is 1.88. The average Bonchev–Trinajstić information content (AvgIpc) is 3.37. The van der Waals surface area contributed by atoms with Crippen LogP contribution in [0.4, 0.5) is 0 Å². The lowest BCUT2D eigenvalue weighted by molar-refractivity contribution is -0.699. The van der Waals surface area contributed by atoms with Gasteiger partial charge in [-0.05, 0) is 31.4 Å². The van der Waals surface area contributed by atoms with Crippen LogP contribution in [0, 0.1) is 0 Å². The quantitative estimate of drug-likeness (QED) is 0.462. The van der Waals surface area contributed by atoms with Gasteiger partial charge in [-0.3, -0.25) is 0 Å². The molecule has 2 aromatic heterocycles. The first-order valence-corrected chi connectivity index (χ1v) is 10.4. The Kier molecular flexibility index (Phi) is 4.34. The molecule has 0 saturated heterocycles. The molecule has 27 heavy (non-hydrogen) atoms. The number of nitrogens with zero attached hydrogens (tertiary/aromatic N) is 3. The van der Waals surface area contributed by atoms with Crippen molar-refractivity contribution in [1.82, 2.24) is 9.55 Å². The molecule has 0 unspecified atom stereocenters. The Morgan fingerprint density at radius 3 is 2.63 bits per heavy atom. The van der Waals surface area contributed by atoms with Crippen LogP contribution < -0.4 is 4.57 Å². The van der Waals surface area contributed by atoms with E-state index in [-0.39, 0.29) is 0 Å². The summed E-state index contributed by atoms with van der Waals surface area (Å²) in [5.41, 5.74) is 3.75. The van der Waals surface area contributed by atoms with E-state index in [1.165, 1.54) is 46.1 Å². The molecule has 3 nitrogen and oxygen atoms in total. The van der Waals surface area contributed by atoms with Gasteiger partial charge in [0.05, 0.1) is 12.2 Å². The number of imidazole rings is 1. The predicted octanol–water partition coefficient (Wildman–Crippen LogP) is 5.01. The van der Waals surface area contributed by atoms with Crippen molar-refractivity contribution in [3.8, 4) is 16.3 Å². The highest BCUT2D eigenvalue weighted by molar-refractivity contribution is 7.15. The summed E-state index contributed by atoms with van der Waals surface area (Å²) in [6.07, 6.45) is 10.1. The number of thiazole rings is 1. The van der Waals surface area contributed by atoms with Gasteiger partial charge in [-0.15, -0.1) is 11.3 Å². The molecule has 0 radical (unpaired) electrons. The summed E-state index contributed by atoms with van der Waals surface area (Å²) in [6.45, 7) is 0.991. The molecular formula is C23H22N3S+. The minimum atomic E-state index is 0.499. The fourth-order valence-corrected chi connectivity index (χ4v) is 5.09.